The molecular formula is C18H21N5O2. The van der Waals surface area contributed by atoms with Crippen LogP contribution >= 0.6 is 0 Å². The van der Waals surface area contributed by atoms with E-state index in [1.807, 2.05) is 0 Å². The smallest absolute Gasteiger partial charge is 0.246 e. The van der Waals surface area contributed by atoms with Crippen molar-refractivity contribution in [3.63, 3.8) is 0 Å². The lowest BCUT2D eigenvalue weighted by Crippen LogP contribution is -2.19. The van der Waals surface area contributed by atoms with E-state index in [0.29, 0.717) is 23.2 Å². The fourth-order valence-electron chi connectivity index (χ4n) is 3.91. The van der Waals surface area contributed by atoms with Gasteiger partial charge in [-0.15, -0.1) is 0 Å². The van der Waals surface area contributed by atoms with E-state index in [-0.39, 0.29) is 24.3 Å². The van der Waals surface area contributed by atoms with Gasteiger partial charge < -0.3 is 10.6 Å². The van der Waals surface area contributed by atoms with Crippen LogP contribution in [0.5, 0.6) is 0 Å². The molecule has 0 aliphatic heterocycles. The van der Waals surface area contributed by atoms with Crippen molar-refractivity contribution in [2.45, 2.75) is 32.2 Å². The molecule has 7 heteroatoms. The average molecular weight is 339 g/mol. The zero-order chi connectivity index (χ0) is 17.2. The van der Waals surface area contributed by atoms with Gasteiger partial charge in [0, 0.05) is 18.3 Å². The highest BCUT2D eigenvalue weighted by Crippen LogP contribution is 2.55. The molecule has 2 aromatic heterocycles. The molecule has 2 aliphatic rings. The molecule has 0 saturated heterocycles. The summed E-state index contributed by atoms with van der Waals surface area (Å²) in [5.74, 6) is 1.22. The molecular weight excluding hydrogens is 318 g/mol. The molecule has 2 aromatic rings. The lowest BCUT2D eigenvalue weighted by atomic mass is 10.0. The third-order valence-corrected chi connectivity index (χ3v) is 5.11. The minimum absolute atomic E-state index is 0.0828. The second-order valence-electron chi connectivity index (χ2n) is 6.84. The Balaban J connectivity index is 1.30. The number of pyridine rings is 1. The van der Waals surface area contributed by atoms with Crippen LogP contribution in [-0.2, 0) is 16.1 Å². The summed E-state index contributed by atoms with van der Waals surface area (Å²) >= 11 is 0. The van der Waals surface area contributed by atoms with Gasteiger partial charge in [0.25, 0.3) is 0 Å². The van der Waals surface area contributed by atoms with E-state index in [1.54, 1.807) is 36.9 Å². The molecule has 2 fully saturated rings. The van der Waals surface area contributed by atoms with Crippen LogP contribution in [0.15, 0.2) is 36.9 Å². The minimum atomic E-state index is -0.192. The number of hydrogen-bond acceptors (Lipinski definition) is 4. The molecule has 0 radical (unpaired) electrons. The predicted octanol–water partition coefficient (Wildman–Crippen LogP) is 2.29. The number of carbonyl (C=O) groups is 2. The van der Waals surface area contributed by atoms with E-state index in [9.17, 15) is 9.59 Å². The number of carbonyl (C=O) groups excluding carboxylic acids is 2. The molecule has 2 amide bonds. The van der Waals surface area contributed by atoms with Crippen molar-refractivity contribution in [2.75, 3.05) is 10.6 Å². The average Bonchev–Trinajstić information content (AvgIpc) is 3.20. The molecule has 3 atom stereocenters. The number of nitrogens with one attached hydrogen (secondary N) is 2. The quantitative estimate of drug-likeness (QED) is 0.875. The van der Waals surface area contributed by atoms with E-state index >= 15 is 0 Å². The van der Waals surface area contributed by atoms with Gasteiger partial charge in [-0.05, 0) is 36.8 Å². The first-order valence-electron chi connectivity index (χ1n) is 8.74. The highest BCUT2D eigenvalue weighted by molar-refractivity contribution is 5.95. The molecule has 2 heterocycles. The van der Waals surface area contributed by atoms with Gasteiger partial charge in [-0.3, -0.25) is 19.3 Å². The van der Waals surface area contributed by atoms with E-state index in [2.05, 4.69) is 20.7 Å². The summed E-state index contributed by atoms with van der Waals surface area (Å²) < 4.78 is 1.52. The molecule has 0 bridgehead atoms. The molecule has 0 spiro atoms. The molecule has 130 valence electrons. The molecule has 1 unspecified atom stereocenters. The van der Waals surface area contributed by atoms with Crippen LogP contribution in [0, 0.1) is 17.8 Å². The maximum atomic E-state index is 12.4. The van der Waals surface area contributed by atoms with Gasteiger partial charge in [0.15, 0.2) is 0 Å². The Morgan fingerprint density at radius 2 is 1.92 bits per heavy atom. The number of nitrogens with zero attached hydrogens (tertiary/aromatic N) is 3. The Labute approximate surface area is 145 Å². The summed E-state index contributed by atoms with van der Waals surface area (Å²) in [5.41, 5.74) is 1.28. The maximum absolute atomic E-state index is 12.4. The summed E-state index contributed by atoms with van der Waals surface area (Å²) in [6.07, 6.45) is 11.3. The highest BCUT2D eigenvalue weighted by atomic mass is 16.2. The van der Waals surface area contributed by atoms with Crippen molar-refractivity contribution < 1.29 is 9.59 Å². The van der Waals surface area contributed by atoms with Gasteiger partial charge in [-0.25, -0.2) is 0 Å². The van der Waals surface area contributed by atoms with E-state index < -0.39 is 0 Å². The molecule has 2 saturated carbocycles. The van der Waals surface area contributed by atoms with E-state index in [0.717, 1.165) is 0 Å². The first-order chi connectivity index (χ1) is 12.2. The minimum Gasteiger partial charge on any atom is -0.323 e. The zero-order valence-corrected chi connectivity index (χ0v) is 13.9. The van der Waals surface area contributed by atoms with Crippen molar-refractivity contribution in [1.29, 1.82) is 0 Å². The highest BCUT2D eigenvalue weighted by Gasteiger charge is 2.54. The molecule has 7 nitrogen and oxygen atoms in total. The summed E-state index contributed by atoms with van der Waals surface area (Å²) in [6.45, 7) is 0.0828. The van der Waals surface area contributed by atoms with Crippen LogP contribution in [0.1, 0.15) is 25.7 Å². The fourth-order valence-corrected chi connectivity index (χ4v) is 3.91. The Morgan fingerprint density at radius 3 is 2.64 bits per heavy atom. The molecule has 0 aromatic carbocycles. The molecule has 2 aliphatic carbocycles. The maximum Gasteiger partial charge on any atom is 0.246 e. The summed E-state index contributed by atoms with van der Waals surface area (Å²) in [4.78, 5) is 28.3. The summed E-state index contributed by atoms with van der Waals surface area (Å²) in [7, 11) is 0. The van der Waals surface area contributed by atoms with Crippen molar-refractivity contribution >= 4 is 23.2 Å². The normalized spacial score (nSPS) is 24.2. The second-order valence-corrected chi connectivity index (χ2v) is 6.84. The number of rotatable bonds is 5. The molecule has 4 rings (SSSR count). The van der Waals surface area contributed by atoms with Crippen molar-refractivity contribution in [3.8, 4) is 0 Å². The first kappa shape index (κ1) is 15.8. The number of amides is 2. The van der Waals surface area contributed by atoms with Crippen LogP contribution in [0.2, 0.25) is 0 Å². The lowest BCUT2D eigenvalue weighted by Gasteiger charge is -2.04. The topological polar surface area (TPSA) is 88.9 Å². The van der Waals surface area contributed by atoms with Crippen LogP contribution in [0.3, 0.4) is 0 Å². The number of hydrogen-bond donors (Lipinski definition) is 2. The van der Waals surface area contributed by atoms with Gasteiger partial charge in [0.1, 0.15) is 6.54 Å². The zero-order valence-electron chi connectivity index (χ0n) is 13.9. The number of aromatic nitrogens is 3. The van der Waals surface area contributed by atoms with Gasteiger partial charge in [0.05, 0.1) is 23.8 Å². The number of anilines is 2. The van der Waals surface area contributed by atoms with Gasteiger partial charge in [0.2, 0.25) is 11.8 Å². The van der Waals surface area contributed by atoms with E-state index in [4.69, 9.17) is 0 Å². The van der Waals surface area contributed by atoms with Crippen molar-refractivity contribution in [3.05, 3.63) is 36.9 Å². The molecule has 2 N–H and O–H groups in total. The Kier molecular flexibility index (Phi) is 4.21. The van der Waals surface area contributed by atoms with Gasteiger partial charge in [-0.2, -0.15) is 5.10 Å². The summed E-state index contributed by atoms with van der Waals surface area (Å²) in [5, 5.41) is 9.84. The summed E-state index contributed by atoms with van der Waals surface area (Å²) in [6, 6.07) is 3.53. The Hall–Kier alpha value is -2.70. The largest absolute Gasteiger partial charge is 0.323 e. The van der Waals surface area contributed by atoms with Crippen LogP contribution in [0.25, 0.3) is 0 Å². The SMILES string of the molecule is O=C(Cn1cc(NC(=O)C2[C@H]3CCCC[C@@H]23)cn1)Nc1cccnc1. The fraction of sp³-hybridized carbons (Fsp3) is 0.444. The third-order valence-electron chi connectivity index (χ3n) is 5.11. The monoisotopic (exact) mass is 339 g/mol. The Bertz CT molecular complexity index is 761. The third kappa shape index (κ3) is 3.55. The standard InChI is InChI=1S/C18H21N5O2/c24-16(21-12-4-3-7-19-8-12)11-23-10-13(9-20-23)22-18(25)17-14-5-1-2-6-15(14)17/h3-4,7-10,14-15,17H,1-2,5-6,11H2,(H,21,24)(H,22,25)/t14-,15+,17?. The lowest BCUT2D eigenvalue weighted by molar-refractivity contribution is -0.118. The second kappa shape index (κ2) is 6.66. The van der Waals surface area contributed by atoms with Gasteiger partial charge in [-0.1, -0.05) is 12.8 Å². The van der Waals surface area contributed by atoms with Crippen molar-refractivity contribution in [1.82, 2.24) is 14.8 Å². The van der Waals surface area contributed by atoms with Gasteiger partial charge >= 0.3 is 0 Å². The molecule has 25 heavy (non-hydrogen) atoms. The van der Waals surface area contributed by atoms with Crippen LogP contribution in [0.4, 0.5) is 11.4 Å². The van der Waals surface area contributed by atoms with Crippen LogP contribution in [-0.4, -0.2) is 26.6 Å². The number of fused-ring (bicyclic) bond motifs is 1. The predicted molar refractivity (Wildman–Crippen MR) is 92.7 cm³/mol. The van der Waals surface area contributed by atoms with Crippen molar-refractivity contribution in [2.24, 2.45) is 17.8 Å². The van der Waals surface area contributed by atoms with E-state index in [1.165, 1.54) is 30.4 Å². The van der Waals surface area contributed by atoms with Crippen LogP contribution < -0.4 is 10.6 Å². The first-order valence-corrected chi connectivity index (χ1v) is 8.74. The Morgan fingerprint density at radius 1 is 1.12 bits per heavy atom.